The van der Waals surface area contributed by atoms with Crippen molar-refractivity contribution in [1.29, 1.82) is 0 Å². The van der Waals surface area contributed by atoms with Gasteiger partial charge in [-0.1, -0.05) is 37.0 Å². The molecule has 3 fully saturated rings. The molecule has 3 aliphatic rings. The third-order valence-electron chi connectivity index (χ3n) is 4.83. The van der Waals surface area contributed by atoms with Crippen molar-refractivity contribution in [2.24, 2.45) is 23.7 Å². The van der Waals surface area contributed by atoms with Gasteiger partial charge in [0.15, 0.2) is 5.82 Å². The van der Waals surface area contributed by atoms with E-state index in [4.69, 9.17) is 4.52 Å². The number of nitrogens with zero attached hydrogens (tertiary/aromatic N) is 2. The first-order valence-electron chi connectivity index (χ1n) is 6.60. The highest BCUT2D eigenvalue weighted by Crippen LogP contribution is 2.60. The first-order valence-corrected chi connectivity index (χ1v) is 8.43. The van der Waals surface area contributed by atoms with Gasteiger partial charge in [-0.05, 0) is 25.2 Å². The van der Waals surface area contributed by atoms with E-state index in [0.29, 0.717) is 11.6 Å². The van der Waals surface area contributed by atoms with E-state index in [1.807, 2.05) is 0 Å². The number of aromatic nitrogens is 1. The van der Waals surface area contributed by atoms with Crippen LogP contribution in [0.5, 0.6) is 0 Å². The van der Waals surface area contributed by atoms with Crippen molar-refractivity contribution in [1.82, 2.24) is 5.16 Å². The Labute approximate surface area is 132 Å². The van der Waals surface area contributed by atoms with Gasteiger partial charge in [0.25, 0.3) is 0 Å². The average Bonchev–Trinajstić information content (AvgIpc) is 3.10. The molecule has 2 amide bonds. The summed E-state index contributed by atoms with van der Waals surface area (Å²) in [4.78, 5) is 27.0. The van der Waals surface area contributed by atoms with E-state index in [1.165, 1.54) is 4.90 Å². The number of anilines is 1. The average molecular weight is 404 g/mol. The molecule has 2 aliphatic carbocycles. The highest BCUT2D eigenvalue weighted by atomic mass is 79.9. The van der Waals surface area contributed by atoms with Gasteiger partial charge in [0, 0.05) is 15.7 Å². The number of carbonyl (C=O) groups excluding carboxylic acids is 2. The topological polar surface area (TPSA) is 63.4 Å². The van der Waals surface area contributed by atoms with Crippen LogP contribution in [0.4, 0.5) is 5.82 Å². The summed E-state index contributed by atoms with van der Waals surface area (Å²) in [6.45, 7) is 1.75. The summed E-state index contributed by atoms with van der Waals surface area (Å²) in [5, 5.41) is 3.82. The van der Waals surface area contributed by atoms with E-state index in [0.717, 1.165) is 6.42 Å². The number of hydrogen-bond acceptors (Lipinski definition) is 4. The number of halogens is 2. The molecule has 6 atom stereocenters. The highest BCUT2D eigenvalue weighted by Gasteiger charge is 2.66. The van der Waals surface area contributed by atoms with E-state index in [1.54, 1.807) is 13.0 Å². The predicted octanol–water partition coefficient (Wildman–Crippen LogP) is 2.27. The Kier molecular flexibility index (Phi) is 2.71. The van der Waals surface area contributed by atoms with Gasteiger partial charge in [-0.15, -0.1) is 0 Å². The molecule has 1 aromatic rings. The molecule has 2 heterocycles. The standard InChI is InChI=1S/C13H12Br2N2O3/c1-4-2-7(16-20-4)17-12(18)8-5-3-6(9(8)13(17)19)11(15)10(5)14/h2,5-6,8-11H,3H2,1H3/t5-,6+,8+,9-,10-,11+. The Hall–Kier alpha value is -0.690. The minimum Gasteiger partial charge on any atom is -0.360 e. The molecule has 1 aliphatic heterocycles. The second-order valence-electron chi connectivity index (χ2n) is 5.81. The van der Waals surface area contributed by atoms with Gasteiger partial charge in [-0.3, -0.25) is 9.59 Å². The molecule has 0 aromatic carbocycles. The fraction of sp³-hybridized carbons (Fsp3) is 0.615. The van der Waals surface area contributed by atoms with Gasteiger partial charge in [-0.2, -0.15) is 0 Å². The first-order chi connectivity index (χ1) is 9.50. The van der Waals surface area contributed by atoms with Crippen LogP contribution in [0.2, 0.25) is 0 Å². The Morgan fingerprint density at radius 2 is 1.75 bits per heavy atom. The Balaban J connectivity index is 1.74. The van der Waals surface area contributed by atoms with Crippen LogP contribution in [-0.4, -0.2) is 26.6 Å². The van der Waals surface area contributed by atoms with Crippen molar-refractivity contribution in [3.05, 3.63) is 11.8 Å². The van der Waals surface area contributed by atoms with Crippen LogP contribution in [0, 0.1) is 30.6 Å². The molecule has 1 aromatic heterocycles. The van der Waals surface area contributed by atoms with Crippen molar-refractivity contribution >= 4 is 49.5 Å². The Bertz CT molecular complexity index is 585. The number of amides is 2. The smallest absolute Gasteiger partial charge is 0.239 e. The lowest BCUT2D eigenvalue weighted by Crippen LogP contribution is -2.37. The van der Waals surface area contributed by atoms with Gasteiger partial charge >= 0.3 is 0 Å². The molecular formula is C13H12Br2N2O3. The molecule has 2 saturated carbocycles. The zero-order valence-corrected chi connectivity index (χ0v) is 13.8. The van der Waals surface area contributed by atoms with E-state index in [2.05, 4.69) is 37.0 Å². The minimum atomic E-state index is -0.206. The molecular weight excluding hydrogens is 392 g/mol. The van der Waals surface area contributed by atoms with Gasteiger partial charge in [0.05, 0.1) is 11.8 Å². The van der Waals surface area contributed by atoms with Crippen molar-refractivity contribution in [3.8, 4) is 0 Å². The summed E-state index contributed by atoms with van der Waals surface area (Å²) >= 11 is 7.32. The lowest BCUT2D eigenvalue weighted by molar-refractivity contribution is -0.123. The molecule has 7 heteroatoms. The molecule has 0 radical (unpaired) electrons. The predicted molar refractivity (Wildman–Crippen MR) is 77.7 cm³/mol. The van der Waals surface area contributed by atoms with Crippen molar-refractivity contribution in [2.75, 3.05) is 4.90 Å². The van der Waals surface area contributed by atoms with Gasteiger partial charge in [-0.25, -0.2) is 4.90 Å². The molecule has 4 rings (SSSR count). The highest BCUT2D eigenvalue weighted by molar-refractivity contribution is 9.12. The second kappa shape index (κ2) is 4.16. The maximum atomic E-state index is 12.6. The molecule has 2 bridgehead atoms. The van der Waals surface area contributed by atoms with Gasteiger partial charge in [0.2, 0.25) is 11.8 Å². The molecule has 106 valence electrons. The van der Waals surface area contributed by atoms with Crippen LogP contribution in [0.25, 0.3) is 0 Å². The number of aryl methyl sites for hydroxylation is 1. The molecule has 20 heavy (non-hydrogen) atoms. The normalized spacial score (nSPS) is 42.6. The minimum absolute atomic E-state index is 0.121. The lowest BCUT2D eigenvalue weighted by atomic mass is 9.81. The molecule has 0 unspecified atom stereocenters. The maximum Gasteiger partial charge on any atom is 0.239 e. The van der Waals surface area contributed by atoms with Crippen LogP contribution in [0.3, 0.4) is 0 Å². The number of carbonyl (C=O) groups is 2. The quantitative estimate of drug-likeness (QED) is 0.533. The summed E-state index contributed by atoms with van der Waals surface area (Å²) in [7, 11) is 0. The Morgan fingerprint density at radius 3 is 2.20 bits per heavy atom. The van der Waals surface area contributed by atoms with E-state index < -0.39 is 0 Å². The Morgan fingerprint density at radius 1 is 1.20 bits per heavy atom. The van der Waals surface area contributed by atoms with E-state index >= 15 is 0 Å². The van der Waals surface area contributed by atoms with Crippen LogP contribution in [0.15, 0.2) is 10.6 Å². The number of hydrogen-bond donors (Lipinski definition) is 0. The summed E-state index contributed by atoms with van der Waals surface area (Å²) < 4.78 is 4.99. The SMILES string of the molecule is Cc1cc(N2C(=O)[C@@H]3[C@@H]4C[C@@H]([C@@H](Br)[C@H]4Br)[C@@H]3C2=O)no1. The number of fused-ring (bicyclic) bond motifs is 5. The molecule has 0 N–H and O–H groups in total. The zero-order chi connectivity index (χ0) is 14.2. The molecule has 0 spiro atoms. The fourth-order valence-corrected chi connectivity index (χ4v) is 5.91. The largest absolute Gasteiger partial charge is 0.360 e. The fourth-order valence-electron chi connectivity index (χ4n) is 4.03. The zero-order valence-electron chi connectivity index (χ0n) is 10.6. The monoisotopic (exact) mass is 402 g/mol. The van der Waals surface area contributed by atoms with Crippen molar-refractivity contribution in [3.63, 3.8) is 0 Å². The van der Waals surface area contributed by atoms with Gasteiger partial charge in [0.1, 0.15) is 5.76 Å². The lowest BCUT2D eigenvalue weighted by Gasteiger charge is -2.28. The molecule has 1 saturated heterocycles. The summed E-state index contributed by atoms with van der Waals surface area (Å²) in [5.41, 5.74) is 0. The number of rotatable bonds is 1. The van der Waals surface area contributed by atoms with Crippen molar-refractivity contribution in [2.45, 2.75) is 23.0 Å². The third-order valence-corrected chi connectivity index (χ3v) is 8.04. The third kappa shape index (κ3) is 1.45. The first kappa shape index (κ1) is 13.0. The van der Waals surface area contributed by atoms with Crippen LogP contribution < -0.4 is 4.90 Å². The van der Waals surface area contributed by atoms with E-state index in [-0.39, 0.29) is 45.1 Å². The number of imide groups is 1. The molecule has 5 nitrogen and oxygen atoms in total. The van der Waals surface area contributed by atoms with Crippen LogP contribution in [0.1, 0.15) is 12.2 Å². The number of alkyl halides is 2. The van der Waals surface area contributed by atoms with Gasteiger partial charge < -0.3 is 4.52 Å². The van der Waals surface area contributed by atoms with Crippen molar-refractivity contribution < 1.29 is 14.1 Å². The van der Waals surface area contributed by atoms with Crippen LogP contribution in [-0.2, 0) is 9.59 Å². The van der Waals surface area contributed by atoms with Crippen LogP contribution >= 0.6 is 31.9 Å². The van der Waals surface area contributed by atoms with E-state index in [9.17, 15) is 9.59 Å². The summed E-state index contributed by atoms with van der Waals surface area (Å²) in [6, 6.07) is 1.63. The summed E-state index contributed by atoms with van der Waals surface area (Å²) in [6.07, 6.45) is 0.935. The maximum absolute atomic E-state index is 12.6. The second-order valence-corrected chi connectivity index (χ2v) is 7.93. The summed E-state index contributed by atoms with van der Waals surface area (Å²) in [5.74, 6) is 0.716.